The molecular weight excluding hydrogens is 348 g/mol. The SMILES string of the molecule is COc1ccc(-n2nnc(C(=O)Nc3ccc(OC)cc3OC)c2C)cc1. The number of carbonyl (C=O) groups is 1. The summed E-state index contributed by atoms with van der Waals surface area (Å²) in [5.41, 5.74) is 2.14. The second-order valence-electron chi connectivity index (χ2n) is 5.65. The summed E-state index contributed by atoms with van der Waals surface area (Å²) in [6.07, 6.45) is 0. The number of benzene rings is 2. The third kappa shape index (κ3) is 3.69. The lowest BCUT2D eigenvalue weighted by Crippen LogP contribution is -2.15. The molecule has 0 aliphatic carbocycles. The van der Waals surface area contributed by atoms with Crippen LogP contribution in [0, 0.1) is 6.92 Å². The zero-order chi connectivity index (χ0) is 19.4. The third-order valence-electron chi connectivity index (χ3n) is 4.08. The van der Waals surface area contributed by atoms with Crippen molar-refractivity contribution < 1.29 is 19.0 Å². The Morgan fingerprint density at radius 2 is 1.63 bits per heavy atom. The fourth-order valence-electron chi connectivity index (χ4n) is 2.59. The molecule has 2 aromatic carbocycles. The van der Waals surface area contributed by atoms with Gasteiger partial charge < -0.3 is 19.5 Å². The molecule has 0 radical (unpaired) electrons. The summed E-state index contributed by atoms with van der Waals surface area (Å²) in [6.45, 7) is 1.78. The number of carbonyl (C=O) groups excluding carboxylic acids is 1. The molecule has 1 aromatic heterocycles. The number of nitrogens with zero attached hydrogens (tertiary/aromatic N) is 3. The minimum absolute atomic E-state index is 0.226. The molecule has 8 nitrogen and oxygen atoms in total. The molecule has 0 atom stereocenters. The molecule has 0 unspecified atom stereocenters. The molecule has 0 bridgehead atoms. The first kappa shape index (κ1) is 18.2. The van der Waals surface area contributed by atoms with E-state index >= 15 is 0 Å². The van der Waals surface area contributed by atoms with Crippen molar-refractivity contribution in [2.75, 3.05) is 26.6 Å². The Morgan fingerprint density at radius 3 is 2.26 bits per heavy atom. The Kier molecular flexibility index (Phi) is 5.25. The summed E-state index contributed by atoms with van der Waals surface area (Å²) in [5, 5.41) is 10.9. The summed E-state index contributed by atoms with van der Waals surface area (Å²) in [6, 6.07) is 12.5. The Hall–Kier alpha value is -3.55. The molecule has 0 spiro atoms. The fraction of sp³-hybridized carbons (Fsp3) is 0.211. The summed E-state index contributed by atoms with van der Waals surface area (Å²) in [7, 11) is 4.69. The predicted molar refractivity (Wildman–Crippen MR) is 100 cm³/mol. The number of methoxy groups -OCH3 is 3. The van der Waals surface area contributed by atoms with E-state index in [2.05, 4.69) is 15.6 Å². The van der Waals surface area contributed by atoms with Gasteiger partial charge in [0.1, 0.15) is 17.2 Å². The van der Waals surface area contributed by atoms with Gasteiger partial charge in [-0.15, -0.1) is 5.10 Å². The number of ether oxygens (including phenoxy) is 3. The number of amides is 1. The van der Waals surface area contributed by atoms with Crippen LogP contribution in [0.2, 0.25) is 0 Å². The smallest absolute Gasteiger partial charge is 0.278 e. The lowest BCUT2D eigenvalue weighted by molar-refractivity contribution is 0.102. The normalized spacial score (nSPS) is 10.4. The summed E-state index contributed by atoms with van der Waals surface area (Å²) >= 11 is 0. The Labute approximate surface area is 156 Å². The van der Waals surface area contributed by atoms with Crippen molar-refractivity contribution in [1.29, 1.82) is 0 Å². The molecule has 0 fully saturated rings. The number of rotatable bonds is 6. The van der Waals surface area contributed by atoms with Crippen LogP contribution in [0.15, 0.2) is 42.5 Å². The van der Waals surface area contributed by atoms with Gasteiger partial charge in [-0.1, -0.05) is 5.21 Å². The average Bonchev–Trinajstić information content (AvgIpc) is 3.09. The van der Waals surface area contributed by atoms with E-state index in [1.54, 1.807) is 44.0 Å². The molecule has 27 heavy (non-hydrogen) atoms. The minimum Gasteiger partial charge on any atom is -0.497 e. The molecule has 3 aromatic rings. The molecule has 1 N–H and O–H groups in total. The molecule has 1 amide bonds. The highest BCUT2D eigenvalue weighted by Crippen LogP contribution is 2.29. The van der Waals surface area contributed by atoms with Crippen LogP contribution in [-0.4, -0.2) is 42.2 Å². The van der Waals surface area contributed by atoms with E-state index in [1.807, 2.05) is 24.3 Å². The minimum atomic E-state index is -0.379. The van der Waals surface area contributed by atoms with Gasteiger partial charge in [-0.25, -0.2) is 4.68 Å². The van der Waals surface area contributed by atoms with E-state index in [0.29, 0.717) is 22.9 Å². The van der Waals surface area contributed by atoms with Gasteiger partial charge >= 0.3 is 0 Å². The van der Waals surface area contributed by atoms with Gasteiger partial charge in [-0.05, 0) is 43.3 Å². The first-order valence-electron chi connectivity index (χ1n) is 8.17. The van der Waals surface area contributed by atoms with E-state index in [9.17, 15) is 4.79 Å². The van der Waals surface area contributed by atoms with E-state index in [-0.39, 0.29) is 11.6 Å². The molecular formula is C19H20N4O4. The van der Waals surface area contributed by atoms with Gasteiger partial charge in [0.15, 0.2) is 5.69 Å². The molecule has 0 saturated carbocycles. The van der Waals surface area contributed by atoms with Gasteiger partial charge in [0, 0.05) is 6.07 Å². The van der Waals surface area contributed by atoms with Crippen molar-refractivity contribution in [1.82, 2.24) is 15.0 Å². The summed E-state index contributed by atoms with van der Waals surface area (Å²) in [5.74, 6) is 1.48. The molecule has 1 heterocycles. The Balaban J connectivity index is 1.85. The number of aromatic nitrogens is 3. The monoisotopic (exact) mass is 368 g/mol. The fourth-order valence-corrected chi connectivity index (χ4v) is 2.59. The number of hydrogen-bond acceptors (Lipinski definition) is 6. The lowest BCUT2D eigenvalue weighted by atomic mass is 10.2. The first-order chi connectivity index (χ1) is 13.1. The van der Waals surface area contributed by atoms with Crippen molar-refractivity contribution >= 4 is 11.6 Å². The molecule has 0 aliphatic heterocycles. The topological polar surface area (TPSA) is 87.5 Å². The van der Waals surface area contributed by atoms with Crippen molar-refractivity contribution in [3.63, 3.8) is 0 Å². The zero-order valence-electron chi connectivity index (χ0n) is 15.5. The zero-order valence-corrected chi connectivity index (χ0v) is 15.5. The maximum Gasteiger partial charge on any atom is 0.278 e. The maximum atomic E-state index is 12.7. The van der Waals surface area contributed by atoms with Gasteiger partial charge in [0.2, 0.25) is 0 Å². The quantitative estimate of drug-likeness (QED) is 0.720. The predicted octanol–water partition coefficient (Wildman–Crippen LogP) is 2.85. The van der Waals surface area contributed by atoms with Crippen LogP contribution >= 0.6 is 0 Å². The summed E-state index contributed by atoms with van der Waals surface area (Å²) < 4.78 is 17.2. The van der Waals surface area contributed by atoms with Crippen LogP contribution < -0.4 is 19.5 Å². The standard InChI is InChI=1S/C19H20N4O4/c1-12-18(21-22-23(12)13-5-7-14(25-2)8-6-13)19(24)20-16-10-9-15(26-3)11-17(16)27-4/h5-11H,1-4H3,(H,20,24). The average molecular weight is 368 g/mol. The van der Waals surface area contributed by atoms with Gasteiger partial charge in [0.05, 0.1) is 38.4 Å². The molecule has 0 aliphatic rings. The van der Waals surface area contributed by atoms with E-state index < -0.39 is 0 Å². The largest absolute Gasteiger partial charge is 0.497 e. The Morgan fingerprint density at radius 1 is 0.963 bits per heavy atom. The van der Waals surface area contributed by atoms with Crippen molar-refractivity contribution in [2.45, 2.75) is 6.92 Å². The van der Waals surface area contributed by atoms with Crippen LogP contribution in [0.5, 0.6) is 17.2 Å². The maximum absolute atomic E-state index is 12.7. The van der Waals surface area contributed by atoms with Crippen LogP contribution in [0.3, 0.4) is 0 Å². The van der Waals surface area contributed by atoms with Crippen LogP contribution in [0.1, 0.15) is 16.2 Å². The van der Waals surface area contributed by atoms with Crippen molar-refractivity contribution in [3.8, 4) is 22.9 Å². The van der Waals surface area contributed by atoms with Crippen LogP contribution in [0.25, 0.3) is 5.69 Å². The van der Waals surface area contributed by atoms with E-state index in [1.165, 1.54) is 7.11 Å². The second kappa shape index (κ2) is 7.77. The van der Waals surface area contributed by atoms with Gasteiger partial charge in [-0.2, -0.15) is 0 Å². The number of hydrogen-bond donors (Lipinski definition) is 1. The summed E-state index contributed by atoms with van der Waals surface area (Å²) in [4.78, 5) is 12.7. The molecule has 3 rings (SSSR count). The van der Waals surface area contributed by atoms with E-state index in [4.69, 9.17) is 14.2 Å². The van der Waals surface area contributed by atoms with Gasteiger partial charge in [0.25, 0.3) is 5.91 Å². The van der Waals surface area contributed by atoms with Crippen LogP contribution in [0.4, 0.5) is 5.69 Å². The molecule has 140 valence electrons. The second-order valence-corrected chi connectivity index (χ2v) is 5.65. The third-order valence-corrected chi connectivity index (χ3v) is 4.08. The lowest BCUT2D eigenvalue weighted by Gasteiger charge is -2.11. The number of anilines is 1. The van der Waals surface area contributed by atoms with Crippen molar-refractivity contribution in [3.05, 3.63) is 53.9 Å². The van der Waals surface area contributed by atoms with Crippen LogP contribution in [-0.2, 0) is 0 Å². The highest BCUT2D eigenvalue weighted by atomic mass is 16.5. The molecule has 0 saturated heterocycles. The van der Waals surface area contributed by atoms with E-state index in [0.717, 1.165) is 11.4 Å². The Bertz CT molecular complexity index is 951. The number of nitrogens with one attached hydrogen (secondary N) is 1. The van der Waals surface area contributed by atoms with Crippen molar-refractivity contribution in [2.24, 2.45) is 0 Å². The highest BCUT2D eigenvalue weighted by molar-refractivity contribution is 6.04. The molecule has 8 heteroatoms. The van der Waals surface area contributed by atoms with Gasteiger partial charge in [-0.3, -0.25) is 4.79 Å². The highest BCUT2D eigenvalue weighted by Gasteiger charge is 2.19. The first-order valence-corrected chi connectivity index (χ1v) is 8.17.